The first-order valence-corrected chi connectivity index (χ1v) is 5.48. The van der Waals surface area contributed by atoms with Crippen molar-refractivity contribution in [1.82, 2.24) is 0 Å². The van der Waals surface area contributed by atoms with Crippen LogP contribution in [-0.4, -0.2) is 0 Å². The van der Waals surface area contributed by atoms with Crippen molar-refractivity contribution >= 4 is 0 Å². The van der Waals surface area contributed by atoms with E-state index in [-0.39, 0.29) is 5.92 Å². The summed E-state index contributed by atoms with van der Waals surface area (Å²) in [7, 11) is 0. The average molecular weight is 191 g/mol. The van der Waals surface area contributed by atoms with Gasteiger partial charge in [-0.05, 0) is 26.2 Å². The van der Waals surface area contributed by atoms with E-state index in [1.807, 2.05) is 19.1 Å². The lowest BCUT2D eigenvalue weighted by atomic mass is 10.0. The molecule has 0 aliphatic rings. The molecule has 1 atom stereocenters. The highest BCUT2D eigenvalue weighted by atomic mass is 14.3. The summed E-state index contributed by atoms with van der Waals surface area (Å²) in [6, 6.07) is 2.26. The lowest BCUT2D eigenvalue weighted by Crippen LogP contribution is -1.89. The third kappa shape index (κ3) is 9.06. The van der Waals surface area contributed by atoms with Gasteiger partial charge in [0, 0.05) is 5.92 Å². The molecule has 0 aromatic heterocycles. The summed E-state index contributed by atoms with van der Waals surface area (Å²) in [4.78, 5) is 0. The van der Waals surface area contributed by atoms with E-state index in [2.05, 4.69) is 18.7 Å². The number of nitrogens with zero attached hydrogens (tertiary/aromatic N) is 1. The molecule has 0 saturated heterocycles. The fourth-order valence-electron chi connectivity index (χ4n) is 1.32. The van der Waals surface area contributed by atoms with Gasteiger partial charge in [0.25, 0.3) is 0 Å². The van der Waals surface area contributed by atoms with E-state index >= 15 is 0 Å². The summed E-state index contributed by atoms with van der Waals surface area (Å²) in [5, 5.41) is 8.57. The molecule has 14 heavy (non-hydrogen) atoms. The van der Waals surface area contributed by atoms with Gasteiger partial charge in [0.1, 0.15) is 0 Å². The van der Waals surface area contributed by atoms with E-state index in [0.717, 1.165) is 12.8 Å². The number of hydrogen-bond acceptors (Lipinski definition) is 1. The molecule has 0 aromatic rings. The van der Waals surface area contributed by atoms with Crippen LogP contribution in [0.25, 0.3) is 0 Å². The van der Waals surface area contributed by atoms with Gasteiger partial charge in [-0.25, -0.2) is 0 Å². The maximum Gasteiger partial charge on any atom is 0.0652 e. The fourth-order valence-corrected chi connectivity index (χ4v) is 1.32. The van der Waals surface area contributed by atoms with Crippen LogP contribution >= 0.6 is 0 Å². The molecule has 78 valence electrons. The molecule has 0 saturated carbocycles. The Morgan fingerprint density at radius 2 is 2.00 bits per heavy atom. The Bertz CT molecular complexity index is 198. The van der Waals surface area contributed by atoms with E-state index in [9.17, 15) is 0 Å². The van der Waals surface area contributed by atoms with Gasteiger partial charge in [0.15, 0.2) is 0 Å². The highest BCUT2D eigenvalue weighted by Crippen LogP contribution is 2.10. The van der Waals surface area contributed by atoms with Gasteiger partial charge in [-0.1, -0.05) is 44.1 Å². The van der Waals surface area contributed by atoms with Crippen molar-refractivity contribution in [3.8, 4) is 6.07 Å². The molecule has 0 amide bonds. The molecule has 0 aliphatic carbocycles. The Balaban J connectivity index is 3.11. The largest absolute Gasteiger partial charge is 0.198 e. The van der Waals surface area contributed by atoms with Crippen molar-refractivity contribution in [3.05, 3.63) is 24.8 Å². The molecule has 0 aromatic carbocycles. The molecule has 1 heteroatoms. The summed E-state index contributed by atoms with van der Waals surface area (Å²) in [5.74, 6) is 0.232. The summed E-state index contributed by atoms with van der Waals surface area (Å²) in [6.07, 6.45) is 13.2. The van der Waals surface area contributed by atoms with Gasteiger partial charge in [-0.15, -0.1) is 0 Å². The first-order valence-electron chi connectivity index (χ1n) is 5.48. The second kappa shape index (κ2) is 10.1. The normalized spacial score (nSPS) is 12.6. The van der Waals surface area contributed by atoms with Gasteiger partial charge in [0.05, 0.1) is 6.07 Å². The van der Waals surface area contributed by atoms with Crippen molar-refractivity contribution < 1.29 is 0 Å². The zero-order valence-corrected chi connectivity index (χ0v) is 9.21. The number of nitriles is 1. The molecule has 0 spiro atoms. The van der Waals surface area contributed by atoms with Crippen LogP contribution in [0.5, 0.6) is 0 Å². The Labute approximate surface area is 88.1 Å². The zero-order chi connectivity index (χ0) is 10.6. The van der Waals surface area contributed by atoms with Gasteiger partial charge in [0.2, 0.25) is 0 Å². The summed E-state index contributed by atoms with van der Waals surface area (Å²) < 4.78 is 0. The molecule has 1 nitrogen and oxygen atoms in total. The lowest BCUT2D eigenvalue weighted by molar-refractivity contribution is 0.561. The Morgan fingerprint density at radius 3 is 2.64 bits per heavy atom. The number of hydrogen-bond donors (Lipinski definition) is 0. The lowest BCUT2D eigenvalue weighted by Gasteiger charge is -2.01. The highest BCUT2D eigenvalue weighted by Gasteiger charge is 1.97. The van der Waals surface area contributed by atoms with Crippen LogP contribution in [0.2, 0.25) is 0 Å². The Kier molecular flexibility index (Phi) is 9.31. The quantitative estimate of drug-likeness (QED) is 0.416. The maximum atomic E-state index is 8.57. The summed E-state index contributed by atoms with van der Waals surface area (Å²) >= 11 is 0. The number of unbranched alkanes of at least 4 members (excludes halogenated alkanes) is 4. The molecule has 0 bridgehead atoms. The standard InChI is InChI=1S/C13H21N/c1-3-4-5-6-7-8-9-10-11-13(2)12-14/h3-5,13H,1,6-11H2,2H3. The van der Waals surface area contributed by atoms with Gasteiger partial charge in [-0.3, -0.25) is 0 Å². The van der Waals surface area contributed by atoms with E-state index in [1.54, 1.807) is 0 Å². The van der Waals surface area contributed by atoms with Crippen LogP contribution in [0.3, 0.4) is 0 Å². The van der Waals surface area contributed by atoms with E-state index < -0.39 is 0 Å². The monoisotopic (exact) mass is 191 g/mol. The third-order valence-corrected chi connectivity index (χ3v) is 2.25. The Hall–Kier alpha value is -1.03. The van der Waals surface area contributed by atoms with Gasteiger partial charge in [-0.2, -0.15) is 5.26 Å². The topological polar surface area (TPSA) is 23.8 Å². The van der Waals surface area contributed by atoms with Crippen LogP contribution in [0.1, 0.15) is 45.4 Å². The van der Waals surface area contributed by atoms with Crippen LogP contribution in [0.15, 0.2) is 24.8 Å². The molecule has 0 rings (SSSR count). The van der Waals surface area contributed by atoms with Crippen molar-refractivity contribution in [2.75, 3.05) is 0 Å². The summed E-state index contributed by atoms with van der Waals surface area (Å²) in [6.45, 7) is 5.61. The predicted molar refractivity (Wildman–Crippen MR) is 61.8 cm³/mol. The van der Waals surface area contributed by atoms with Crippen LogP contribution in [0.4, 0.5) is 0 Å². The molecule has 0 aliphatic heterocycles. The van der Waals surface area contributed by atoms with Crippen molar-refractivity contribution in [2.24, 2.45) is 5.92 Å². The number of allylic oxidation sites excluding steroid dienone is 3. The molecule has 0 radical (unpaired) electrons. The van der Waals surface area contributed by atoms with Crippen LogP contribution in [0, 0.1) is 17.2 Å². The van der Waals surface area contributed by atoms with Gasteiger partial charge < -0.3 is 0 Å². The van der Waals surface area contributed by atoms with Gasteiger partial charge >= 0.3 is 0 Å². The Morgan fingerprint density at radius 1 is 1.29 bits per heavy atom. The minimum absolute atomic E-state index is 0.232. The first kappa shape index (κ1) is 13.0. The molecular weight excluding hydrogens is 170 g/mol. The zero-order valence-electron chi connectivity index (χ0n) is 9.21. The number of rotatable bonds is 8. The van der Waals surface area contributed by atoms with Crippen molar-refractivity contribution in [2.45, 2.75) is 45.4 Å². The highest BCUT2D eigenvalue weighted by molar-refractivity contribution is 4.96. The second-order valence-electron chi connectivity index (χ2n) is 3.69. The SMILES string of the molecule is C=CC=CCCCCCCC(C)C#N. The molecule has 1 unspecified atom stereocenters. The first-order chi connectivity index (χ1) is 6.81. The second-order valence-corrected chi connectivity index (χ2v) is 3.69. The third-order valence-electron chi connectivity index (χ3n) is 2.25. The average Bonchev–Trinajstić information content (AvgIpc) is 2.21. The van der Waals surface area contributed by atoms with Crippen molar-refractivity contribution in [1.29, 1.82) is 5.26 Å². The van der Waals surface area contributed by atoms with E-state index in [1.165, 1.54) is 25.7 Å². The minimum atomic E-state index is 0.232. The summed E-state index contributed by atoms with van der Waals surface area (Å²) in [5.41, 5.74) is 0. The van der Waals surface area contributed by atoms with E-state index in [4.69, 9.17) is 5.26 Å². The molecule has 0 heterocycles. The maximum absolute atomic E-state index is 8.57. The van der Waals surface area contributed by atoms with Crippen molar-refractivity contribution in [3.63, 3.8) is 0 Å². The molecule has 0 N–H and O–H groups in total. The fraction of sp³-hybridized carbons (Fsp3) is 0.615. The van der Waals surface area contributed by atoms with Crippen LogP contribution < -0.4 is 0 Å². The minimum Gasteiger partial charge on any atom is -0.198 e. The smallest absolute Gasteiger partial charge is 0.0652 e. The van der Waals surface area contributed by atoms with Crippen LogP contribution in [-0.2, 0) is 0 Å². The van der Waals surface area contributed by atoms with E-state index in [0.29, 0.717) is 0 Å². The predicted octanol–water partition coefficient (Wildman–Crippen LogP) is 4.23. The molecular formula is C13H21N. The molecule has 0 fully saturated rings.